The lowest BCUT2D eigenvalue weighted by Crippen LogP contribution is -2.49. The van der Waals surface area contributed by atoms with Gasteiger partial charge in [-0.25, -0.2) is 0 Å². The van der Waals surface area contributed by atoms with Crippen LogP contribution in [0.3, 0.4) is 0 Å². The molecular formula is C17H23ClN2O3. The number of hydrogen-bond donors (Lipinski definition) is 1. The maximum atomic E-state index is 12.7. The standard InChI is InChI=1S/C17H23ClN2O3/c1-3-15(21)20-11-6-5-10-14(20)17(22)19-13-9-7-8-12(18)16(13)23-4-2/h7-9,14H,3-6,10-11H2,1-2H3,(H,19,22). The number of rotatable bonds is 5. The fourth-order valence-electron chi connectivity index (χ4n) is 2.82. The van der Waals surface area contributed by atoms with Gasteiger partial charge in [0.15, 0.2) is 5.75 Å². The number of halogens is 1. The Hall–Kier alpha value is -1.75. The predicted octanol–water partition coefficient (Wildman–Crippen LogP) is 3.47. The normalized spacial score (nSPS) is 17.7. The zero-order chi connectivity index (χ0) is 16.8. The Labute approximate surface area is 141 Å². The van der Waals surface area contributed by atoms with Gasteiger partial charge in [0.2, 0.25) is 11.8 Å². The molecule has 0 spiro atoms. The molecule has 5 nitrogen and oxygen atoms in total. The highest BCUT2D eigenvalue weighted by atomic mass is 35.5. The summed E-state index contributed by atoms with van der Waals surface area (Å²) in [5.74, 6) is 0.296. The SMILES string of the molecule is CCOc1c(Cl)cccc1NC(=O)C1CCCCN1C(=O)CC. The fourth-order valence-corrected chi connectivity index (χ4v) is 3.05. The first-order valence-corrected chi connectivity index (χ1v) is 8.47. The molecule has 6 heteroatoms. The highest BCUT2D eigenvalue weighted by Gasteiger charge is 2.31. The van der Waals surface area contributed by atoms with Crippen molar-refractivity contribution in [1.29, 1.82) is 0 Å². The number of piperidine rings is 1. The van der Waals surface area contributed by atoms with Crippen molar-refractivity contribution in [2.75, 3.05) is 18.5 Å². The zero-order valence-corrected chi connectivity index (χ0v) is 14.4. The largest absolute Gasteiger partial charge is 0.490 e. The number of carbonyl (C=O) groups excluding carboxylic acids is 2. The van der Waals surface area contributed by atoms with E-state index in [9.17, 15) is 9.59 Å². The van der Waals surface area contributed by atoms with E-state index in [-0.39, 0.29) is 11.8 Å². The Morgan fingerprint density at radius 2 is 2.13 bits per heavy atom. The first-order chi connectivity index (χ1) is 11.1. The third kappa shape index (κ3) is 4.16. The molecule has 0 bridgehead atoms. The van der Waals surface area contributed by atoms with Gasteiger partial charge in [-0.15, -0.1) is 0 Å². The Bertz CT molecular complexity index is 577. The third-order valence-corrected chi connectivity index (χ3v) is 4.24. The topological polar surface area (TPSA) is 58.6 Å². The minimum atomic E-state index is -0.426. The van der Waals surface area contributed by atoms with Crippen LogP contribution < -0.4 is 10.1 Å². The monoisotopic (exact) mass is 338 g/mol. The van der Waals surface area contributed by atoms with Gasteiger partial charge < -0.3 is 15.0 Å². The Morgan fingerprint density at radius 1 is 1.35 bits per heavy atom. The number of hydrogen-bond acceptors (Lipinski definition) is 3. The van der Waals surface area contributed by atoms with Crippen molar-refractivity contribution >= 4 is 29.1 Å². The highest BCUT2D eigenvalue weighted by Crippen LogP contribution is 2.33. The van der Waals surface area contributed by atoms with Gasteiger partial charge in [-0.2, -0.15) is 0 Å². The molecule has 1 N–H and O–H groups in total. The van der Waals surface area contributed by atoms with Crippen LogP contribution in [-0.4, -0.2) is 35.9 Å². The molecule has 1 aliphatic rings. The lowest BCUT2D eigenvalue weighted by Gasteiger charge is -2.34. The van der Waals surface area contributed by atoms with Crippen molar-refractivity contribution in [2.45, 2.75) is 45.6 Å². The lowest BCUT2D eigenvalue weighted by molar-refractivity contribution is -0.140. The van der Waals surface area contributed by atoms with Crippen LogP contribution in [-0.2, 0) is 9.59 Å². The van der Waals surface area contributed by atoms with E-state index < -0.39 is 6.04 Å². The number of amides is 2. The maximum Gasteiger partial charge on any atom is 0.247 e. The fraction of sp³-hybridized carbons (Fsp3) is 0.529. The molecule has 0 radical (unpaired) electrons. The van der Waals surface area contributed by atoms with Gasteiger partial charge in [-0.05, 0) is 38.3 Å². The Morgan fingerprint density at radius 3 is 2.83 bits per heavy atom. The summed E-state index contributed by atoms with van der Waals surface area (Å²) in [7, 11) is 0. The minimum absolute atomic E-state index is 0.0148. The number of benzene rings is 1. The van der Waals surface area contributed by atoms with Gasteiger partial charge in [-0.3, -0.25) is 9.59 Å². The van der Waals surface area contributed by atoms with Gasteiger partial charge in [0, 0.05) is 13.0 Å². The Kier molecular flexibility index (Phi) is 6.28. The molecule has 2 amide bonds. The van der Waals surface area contributed by atoms with Crippen molar-refractivity contribution in [3.8, 4) is 5.75 Å². The summed E-state index contributed by atoms with van der Waals surface area (Å²) in [6.45, 7) is 4.77. The summed E-state index contributed by atoms with van der Waals surface area (Å²) in [4.78, 5) is 26.4. The van der Waals surface area contributed by atoms with Crippen LogP contribution in [0.4, 0.5) is 5.69 Å². The summed E-state index contributed by atoms with van der Waals surface area (Å²) < 4.78 is 5.52. The number of likely N-dealkylation sites (tertiary alicyclic amines) is 1. The van der Waals surface area contributed by atoms with E-state index in [0.717, 1.165) is 12.8 Å². The molecule has 1 saturated heterocycles. The van der Waals surface area contributed by atoms with E-state index in [1.165, 1.54) is 0 Å². The number of anilines is 1. The molecule has 1 unspecified atom stereocenters. The minimum Gasteiger partial charge on any atom is -0.490 e. The van der Waals surface area contributed by atoms with E-state index in [1.54, 1.807) is 23.1 Å². The quantitative estimate of drug-likeness (QED) is 0.894. The number of carbonyl (C=O) groups is 2. The van der Waals surface area contributed by atoms with Crippen LogP contribution in [0, 0.1) is 0 Å². The summed E-state index contributed by atoms with van der Waals surface area (Å²) in [6.07, 6.45) is 2.98. The van der Waals surface area contributed by atoms with Crippen LogP contribution in [0.5, 0.6) is 5.75 Å². The average Bonchev–Trinajstić information content (AvgIpc) is 2.57. The molecule has 1 aliphatic heterocycles. The van der Waals surface area contributed by atoms with Crippen LogP contribution in [0.1, 0.15) is 39.5 Å². The van der Waals surface area contributed by atoms with Crippen LogP contribution in [0.15, 0.2) is 18.2 Å². The van der Waals surface area contributed by atoms with E-state index in [4.69, 9.17) is 16.3 Å². The van der Waals surface area contributed by atoms with Gasteiger partial charge >= 0.3 is 0 Å². The molecule has 1 heterocycles. The number of ether oxygens (including phenoxy) is 1. The first kappa shape index (κ1) is 17.6. The van der Waals surface area contributed by atoms with Gasteiger partial charge in [0.05, 0.1) is 17.3 Å². The van der Waals surface area contributed by atoms with Gasteiger partial charge in [0.1, 0.15) is 6.04 Å². The number of nitrogens with zero attached hydrogens (tertiary/aromatic N) is 1. The smallest absolute Gasteiger partial charge is 0.247 e. The summed E-state index contributed by atoms with van der Waals surface area (Å²) in [5.41, 5.74) is 0.541. The number of para-hydroxylation sites is 1. The van der Waals surface area contributed by atoms with Crippen molar-refractivity contribution in [3.63, 3.8) is 0 Å². The second-order valence-electron chi connectivity index (χ2n) is 5.49. The molecule has 126 valence electrons. The molecule has 1 atom stereocenters. The Balaban J connectivity index is 2.17. The summed E-state index contributed by atoms with van der Waals surface area (Å²) in [6, 6.07) is 4.81. The van der Waals surface area contributed by atoms with Crippen molar-refractivity contribution in [1.82, 2.24) is 4.90 Å². The summed E-state index contributed by atoms with van der Waals surface area (Å²) in [5, 5.41) is 3.33. The number of nitrogens with one attached hydrogen (secondary N) is 1. The maximum absolute atomic E-state index is 12.7. The van der Waals surface area contributed by atoms with Crippen molar-refractivity contribution in [2.24, 2.45) is 0 Å². The van der Waals surface area contributed by atoms with Crippen molar-refractivity contribution in [3.05, 3.63) is 23.2 Å². The van der Waals surface area contributed by atoms with E-state index in [1.807, 2.05) is 13.8 Å². The van der Waals surface area contributed by atoms with Crippen molar-refractivity contribution < 1.29 is 14.3 Å². The molecule has 1 aromatic rings. The summed E-state index contributed by atoms with van der Waals surface area (Å²) >= 11 is 6.14. The van der Waals surface area contributed by atoms with Crippen LogP contribution in [0.2, 0.25) is 5.02 Å². The highest BCUT2D eigenvalue weighted by molar-refractivity contribution is 6.32. The second-order valence-corrected chi connectivity index (χ2v) is 5.90. The molecule has 1 aromatic carbocycles. The van der Waals surface area contributed by atoms with Crippen LogP contribution >= 0.6 is 11.6 Å². The van der Waals surface area contributed by atoms with Gasteiger partial charge in [-0.1, -0.05) is 24.6 Å². The molecule has 0 aliphatic carbocycles. The third-order valence-electron chi connectivity index (χ3n) is 3.94. The van der Waals surface area contributed by atoms with Gasteiger partial charge in [0.25, 0.3) is 0 Å². The lowest BCUT2D eigenvalue weighted by atomic mass is 10.0. The van der Waals surface area contributed by atoms with E-state index in [0.29, 0.717) is 42.5 Å². The molecule has 23 heavy (non-hydrogen) atoms. The zero-order valence-electron chi connectivity index (χ0n) is 13.6. The second kappa shape index (κ2) is 8.20. The van der Waals surface area contributed by atoms with E-state index in [2.05, 4.69) is 5.32 Å². The van der Waals surface area contributed by atoms with Crippen LogP contribution in [0.25, 0.3) is 0 Å². The molecular weight excluding hydrogens is 316 g/mol. The predicted molar refractivity (Wildman–Crippen MR) is 90.9 cm³/mol. The molecule has 0 saturated carbocycles. The molecule has 1 fully saturated rings. The first-order valence-electron chi connectivity index (χ1n) is 8.10. The average molecular weight is 339 g/mol. The molecule has 2 rings (SSSR count). The molecule has 0 aromatic heterocycles. The van der Waals surface area contributed by atoms with E-state index >= 15 is 0 Å².